The van der Waals surface area contributed by atoms with E-state index in [0.717, 1.165) is 5.82 Å². The highest BCUT2D eigenvalue weighted by Crippen LogP contribution is 2.24. The molecule has 0 spiro atoms. The molecule has 0 saturated carbocycles. The molecule has 17 heavy (non-hydrogen) atoms. The monoisotopic (exact) mass is 222 g/mol. The lowest BCUT2D eigenvalue weighted by Crippen LogP contribution is -1.98. The van der Waals surface area contributed by atoms with Crippen LogP contribution in [0, 0.1) is 0 Å². The van der Waals surface area contributed by atoms with Crippen LogP contribution in [0.5, 0.6) is 0 Å². The van der Waals surface area contributed by atoms with Crippen molar-refractivity contribution in [2.45, 2.75) is 12.8 Å². The number of aromatic nitrogens is 2. The van der Waals surface area contributed by atoms with Gasteiger partial charge < -0.3 is 4.98 Å². The highest BCUT2D eigenvalue weighted by molar-refractivity contribution is 5.83. The summed E-state index contributed by atoms with van der Waals surface area (Å²) in [5, 5.41) is 2.56. The molecule has 0 bridgehead atoms. The molecule has 3 aromatic rings. The highest BCUT2D eigenvalue weighted by Gasteiger charge is 2.10. The summed E-state index contributed by atoms with van der Waals surface area (Å²) in [5.74, 6) is 1.31. The van der Waals surface area contributed by atoms with Gasteiger partial charge in [0.2, 0.25) is 0 Å². The van der Waals surface area contributed by atoms with Gasteiger partial charge in [0, 0.05) is 18.3 Å². The summed E-state index contributed by atoms with van der Waals surface area (Å²) in [7, 11) is 0. The molecule has 0 amide bonds. The first-order chi connectivity index (χ1) is 8.34. The molecule has 0 aliphatic carbocycles. The van der Waals surface area contributed by atoms with Gasteiger partial charge in [-0.15, -0.1) is 0 Å². The Bertz CT molecular complexity index is 626. The van der Waals surface area contributed by atoms with Gasteiger partial charge in [0.1, 0.15) is 5.82 Å². The Labute approximate surface area is 100 Å². The van der Waals surface area contributed by atoms with Crippen molar-refractivity contribution in [2.24, 2.45) is 0 Å². The van der Waals surface area contributed by atoms with Crippen LogP contribution in [0.25, 0.3) is 10.8 Å². The van der Waals surface area contributed by atoms with E-state index in [-0.39, 0.29) is 0 Å². The summed E-state index contributed by atoms with van der Waals surface area (Å²) in [6.45, 7) is 2.17. The number of H-pyrrole nitrogens is 1. The second kappa shape index (κ2) is 4.06. The lowest BCUT2D eigenvalue weighted by atomic mass is 9.97. The Morgan fingerprint density at radius 2 is 1.88 bits per heavy atom. The standard InChI is InChI=1S/C15H14N2/c1-11(15-16-8-9-17-15)13-7-6-12-4-2-3-5-14(12)10-13/h2-11H,1H3,(H,16,17). The van der Waals surface area contributed by atoms with Crippen LogP contribution < -0.4 is 0 Å². The molecule has 1 heterocycles. The highest BCUT2D eigenvalue weighted by atomic mass is 14.9. The Kier molecular flexibility index (Phi) is 2.41. The fraction of sp³-hybridized carbons (Fsp3) is 0.133. The van der Waals surface area contributed by atoms with Gasteiger partial charge in [-0.1, -0.05) is 49.4 Å². The largest absolute Gasteiger partial charge is 0.348 e. The topological polar surface area (TPSA) is 28.7 Å². The third-order valence-corrected chi connectivity index (χ3v) is 3.20. The Morgan fingerprint density at radius 3 is 2.65 bits per heavy atom. The van der Waals surface area contributed by atoms with Crippen molar-refractivity contribution in [2.75, 3.05) is 0 Å². The molecule has 0 aliphatic rings. The van der Waals surface area contributed by atoms with E-state index >= 15 is 0 Å². The van der Waals surface area contributed by atoms with Gasteiger partial charge in [-0.2, -0.15) is 0 Å². The lowest BCUT2D eigenvalue weighted by Gasteiger charge is -2.10. The maximum absolute atomic E-state index is 4.32. The number of imidazole rings is 1. The van der Waals surface area contributed by atoms with Crippen molar-refractivity contribution in [1.82, 2.24) is 9.97 Å². The molecular weight excluding hydrogens is 208 g/mol. The average molecular weight is 222 g/mol. The molecule has 3 rings (SSSR count). The van der Waals surface area contributed by atoms with E-state index in [9.17, 15) is 0 Å². The fourth-order valence-corrected chi connectivity index (χ4v) is 2.15. The summed E-state index contributed by atoms with van der Waals surface area (Å²) in [6, 6.07) is 15.0. The molecule has 1 unspecified atom stereocenters. The average Bonchev–Trinajstić information content (AvgIpc) is 2.91. The molecule has 1 aromatic heterocycles. The van der Waals surface area contributed by atoms with Gasteiger partial charge >= 0.3 is 0 Å². The van der Waals surface area contributed by atoms with E-state index in [1.54, 1.807) is 6.20 Å². The van der Waals surface area contributed by atoms with Crippen LogP contribution in [-0.2, 0) is 0 Å². The van der Waals surface area contributed by atoms with E-state index in [4.69, 9.17) is 0 Å². The summed E-state index contributed by atoms with van der Waals surface area (Å²) < 4.78 is 0. The van der Waals surface area contributed by atoms with Crippen LogP contribution in [0.4, 0.5) is 0 Å². The number of hydrogen-bond acceptors (Lipinski definition) is 1. The number of nitrogens with zero attached hydrogens (tertiary/aromatic N) is 1. The first kappa shape index (κ1) is 10.1. The van der Waals surface area contributed by atoms with Crippen molar-refractivity contribution in [1.29, 1.82) is 0 Å². The van der Waals surface area contributed by atoms with Crippen molar-refractivity contribution < 1.29 is 0 Å². The van der Waals surface area contributed by atoms with Crippen molar-refractivity contribution in [3.63, 3.8) is 0 Å². The van der Waals surface area contributed by atoms with Crippen LogP contribution in [0.2, 0.25) is 0 Å². The third-order valence-electron chi connectivity index (χ3n) is 3.20. The Hall–Kier alpha value is -2.09. The van der Waals surface area contributed by atoms with Crippen LogP contribution >= 0.6 is 0 Å². The zero-order valence-corrected chi connectivity index (χ0v) is 9.72. The number of hydrogen-bond donors (Lipinski definition) is 1. The van der Waals surface area contributed by atoms with Crippen molar-refractivity contribution in [3.05, 3.63) is 66.2 Å². The van der Waals surface area contributed by atoms with Crippen molar-refractivity contribution >= 4 is 10.8 Å². The maximum Gasteiger partial charge on any atom is 0.113 e. The first-order valence-corrected chi connectivity index (χ1v) is 5.82. The SMILES string of the molecule is CC(c1ccc2ccccc2c1)c1ncc[nH]1. The van der Waals surface area contributed by atoms with Crippen molar-refractivity contribution in [3.8, 4) is 0 Å². The molecular formula is C15H14N2. The number of rotatable bonds is 2. The normalized spacial score (nSPS) is 12.8. The molecule has 1 N–H and O–H groups in total. The lowest BCUT2D eigenvalue weighted by molar-refractivity contribution is 0.841. The second-order valence-electron chi connectivity index (χ2n) is 4.30. The van der Waals surface area contributed by atoms with E-state index < -0.39 is 0 Å². The molecule has 0 aliphatic heterocycles. The van der Waals surface area contributed by atoms with Gasteiger partial charge in [-0.25, -0.2) is 4.98 Å². The van der Waals surface area contributed by atoms with Crippen LogP contribution in [0.3, 0.4) is 0 Å². The smallest absolute Gasteiger partial charge is 0.113 e. The summed E-state index contributed by atoms with van der Waals surface area (Å²) in [6.07, 6.45) is 3.67. The molecule has 0 radical (unpaired) electrons. The predicted molar refractivity (Wildman–Crippen MR) is 70.1 cm³/mol. The van der Waals surface area contributed by atoms with E-state index in [1.165, 1.54) is 16.3 Å². The molecule has 2 aromatic carbocycles. The maximum atomic E-state index is 4.32. The minimum Gasteiger partial charge on any atom is -0.348 e. The molecule has 0 saturated heterocycles. The molecule has 1 atom stereocenters. The quantitative estimate of drug-likeness (QED) is 0.703. The Morgan fingerprint density at radius 1 is 1.06 bits per heavy atom. The summed E-state index contributed by atoms with van der Waals surface area (Å²) in [5.41, 5.74) is 1.29. The zero-order valence-electron chi connectivity index (χ0n) is 9.72. The van der Waals surface area contributed by atoms with Gasteiger partial charge in [-0.3, -0.25) is 0 Å². The van der Waals surface area contributed by atoms with Gasteiger partial charge in [-0.05, 0) is 16.3 Å². The van der Waals surface area contributed by atoms with E-state index in [1.807, 2.05) is 6.20 Å². The van der Waals surface area contributed by atoms with Gasteiger partial charge in [0.15, 0.2) is 0 Å². The molecule has 84 valence electrons. The number of nitrogens with one attached hydrogen (secondary N) is 1. The fourth-order valence-electron chi connectivity index (χ4n) is 2.15. The predicted octanol–water partition coefficient (Wildman–Crippen LogP) is 3.71. The minimum absolute atomic E-state index is 0.301. The molecule has 2 nitrogen and oxygen atoms in total. The van der Waals surface area contributed by atoms with Crippen LogP contribution in [-0.4, -0.2) is 9.97 Å². The second-order valence-corrected chi connectivity index (χ2v) is 4.30. The van der Waals surface area contributed by atoms with E-state index in [2.05, 4.69) is 59.4 Å². The summed E-state index contributed by atoms with van der Waals surface area (Å²) in [4.78, 5) is 7.49. The van der Waals surface area contributed by atoms with Gasteiger partial charge in [0.25, 0.3) is 0 Å². The van der Waals surface area contributed by atoms with E-state index in [0.29, 0.717) is 5.92 Å². The zero-order chi connectivity index (χ0) is 11.7. The Balaban J connectivity index is 2.06. The summed E-state index contributed by atoms with van der Waals surface area (Å²) >= 11 is 0. The van der Waals surface area contributed by atoms with Crippen LogP contribution in [0.15, 0.2) is 54.9 Å². The van der Waals surface area contributed by atoms with Gasteiger partial charge in [0.05, 0.1) is 0 Å². The molecule has 2 heteroatoms. The number of fused-ring (bicyclic) bond motifs is 1. The first-order valence-electron chi connectivity index (χ1n) is 5.82. The number of benzene rings is 2. The third kappa shape index (κ3) is 1.82. The molecule has 0 fully saturated rings. The number of aromatic amines is 1. The minimum atomic E-state index is 0.301. The van der Waals surface area contributed by atoms with Crippen LogP contribution in [0.1, 0.15) is 24.2 Å².